The number of nitrogens with one attached hydrogen (secondary N) is 2. The van der Waals surface area contributed by atoms with Gasteiger partial charge in [0, 0.05) is 32.9 Å². The van der Waals surface area contributed by atoms with Gasteiger partial charge in [-0.05, 0) is 23.3 Å². The Hall–Kier alpha value is -1.76. The first kappa shape index (κ1) is 24.5. The molecule has 2 heterocycles. The molecule has 0 bridgehead atoms. The van der Waals surface area contributed by atoms with Gasteiger partial charge in [0.15, 0.2) is 5.96 Å². The van der Waals surface area contributed by atoms with E-state index >= 15 is 0 Å². The second kappa shape index (κ2) is 12.2. The van der Waals surface area contributed by atoms with Gasteiger partial charge in [-0.15, -0.1) is 24.0 Å². The molecule has 1 fully saturated rings. The van der Waals surface area contributed by atoms with Crippen molar-refractivity contribution in [1.29, 1.82) is 0 Å². The summed E-state index contributed by atoms with van der Waals surface area (Å²) in [5.74, 6) is 0.603. The summed E-state index contributed by atoms with van der Waals surface area (Å²) >= 11 is 0. The summed E-state index contributed by atoms with van der Waals surface area (Å²) < 4.78 is 32.3. The molecule has 0 aliphatic carbocycles. The standard InChI is InChI=1S/C20H27N5O3S.HI/c1-21-20(24-15-19-8-4-5-9-22-19)23-14-17-6-2-3-7-18(17)16-29(26,27)25-10-12-28-13-11-25;/h2-9H,10-16H2,1H3,(H2,21,23,24);1H. The second-order valence-corrected chi connectivity index (χ2v) is 8.61. The van der Waals surface area contributed by atoms with Crippen LogP contribution in [0.4, 0.5) is 0 Å². The van der Waals surface area contributed by atoms with E-state index in [1.807, 2.05) is 42.5 Å². The Kier molecular flexibility index (Phi) is 9.95. The second-order valence-electron chi connectivity index (χ2n) is 6.64. The molecule has 164 valence electrons. The van der Waals surface area contributed by atoms with E-state index in [4.69, 9.17) is 4.74 Å². The molecular formula is C20H28IN5O3S. The molecule has 0 amide bonds. The number of halogens is 1. The topological polar surface area (TPSA) is 95.9 Å². The first-order chi connectivity index (χ1) is 14.1. The molecule has 1 aromatic heterocycles. The maximum Gasteiger partial charge on any atom is 0.218 e. The summed E-state index contributed by atoms with van der Waals surface area (Å²) in [6.07, 6.45) is 1.75. The van der Waals surface area contributed by atoms with Crippen molar-refractivity contribution in [2.75, 3.05) is 33.4 Å². The number of ether oxygens (including phenoxy) is 1. The molecule has 3 rings (SSSR count). The highest BCUT2D eigenvalue weighted by Crippen LogP contribution is 2.16. The lowest BCUT2D eigenvalue weighted by atomic mass is 10.1. The Morgan fingerprint density at radius 3 is 2.40 bits per heavy atom. The summed E-state index contributed by atoms with van der Waals surface area (Å²) in [6.45, 7) is 2.73. The average Bonchev–Trinajstić information content (AvgIpc) is 2.76. The largest absolute Gasteiger partial charge is 0.379 e. The lowest BCUT2D eigenvalue weighted by Gasteiger charge is -2.26. The van der Waals surface area contributed by atoms with Crippen molar-refractivity contribution < 1.29 is 13.2 Å². The van der Waals surface area contributed by atoms with Gasteiger partial charge in [0.05, 0.1) is 31.2 Å². The third-order valence-electron chi connectivity index (χ3n) is 4.65. The van der Waals surface area contributed by atoms with Gasteiger partial charge in [-0.3, -0.25) is 9.98 Å². The molecule has 1 aliphatic rings. The Morgan fingerprint density at radius 1 is 1.07 bits per heavy atom. The van der Waals surface area contributed by atoms with Gasteiger partial charge in [-0.1, -0.05) is 30.3 Å². The van der Waals surface area contributed by atoms with Crippen LogP contribution < -0.4 is 10.6 Å². The molecule has 0 atom stereocenters. The van der Waals surface area contributed by atoms with Crippen LogP contribution in [0.25, 0.3) is 0 Å². The van der Waals surface area contributed by atoms with Gasteiger partial charge < -0.3 is 15.4 Å². The molecule has 1 aliphatic heterocycles. The summed E-state index contributed by atoms with van der Waals surface area (Å²) in [4.78, 5) is 8.50. The monoisotopic (exact) mass is 545 g/mol. The molecule has 0 radical (unpaired) electrons. The minimum atomic E-state index is -3.38. The molecule has 2 aromatic rings. The number of hydrogen-bond acceptors (Lipinski definition) is 5. The van der Waals surface area contributed by atoms with E-state index in [0.29, 0.717) is 45.4 Å². The fourth-order valence-corrected chi connectivity index (χ4v) is 4.62. The quantitative estimate of drug-likeness (QED) is 0.313. The number of aliphatic imine (C=N–C) groups is 1. The first-order valence-corrected chi connectivity index (χ1v) is 11.2. The van der Waals surface area contributed by atoms with Crippen LogP contribution >= 0.6 is 24.0 Å². The van der Waals surface area contributed by atoms with Gasteiger partial charge in [-0.25, -0.2) is 8.42 Å². The van der Waals surface area contributed by atoms with Crippen LogP contribution in [0.1, 0.15) is 16.8 Å². The van der Waals surface area contributed by atoms with E-state index in [9.17, 15) is 8.42 Å². The smallest absolute Gasteiger partial charge is 0.218 e. The van der Waals surface area contributed by atoms with E-state index < -0.39 is 10.0 Å². The summed E-state index contributed by atoms with van der Waals surface area (Å²) in [6, 6.07) is 13.3. The number of morpholine rings is 1. The lowest BCUT2D eigenvalue weighted by molar-refractivity contribution is 0.0729. The third-order valence-corrected chi connectivity index (χ3v) is 6.48. The van der Waals surface area contributed by atoms with Crippen molar-refractivity contribution in [2.24, 2.45) is 4.99 Å². The Bertz CT molecular complexity index is 919. The zero-order chi connectivity index (χ0) is 20.5. The number of benzene rings is 1. The van der Waals surface area contributed by atoms with Crippen LogP contribution in [0.15, 0.2) is 53.7 Å². The number of sulfonamides is 1. The van der Waals surface area contributed by atoms with Crippen molar-refractivity contribution in [3.63, 3.8) is 0 Å². The Balaban J connectivity index is 0.00000320. The summed E-state index contributed by atoms with van der Waals surface area (Å²) in [7, 11) is -1.68. The Morgan fingerprint density at radius 2 is 1.73 bits per heavy atom. The average molecular weight is 545 g/mol. The number of rotatable bonds is 7. The molecule has 30 heavy (non-hydrogen) atoms. The van der Waals surface area contributed by atoms with Crippen LogP contribution in [-0.2, 0) is 33.6 Å². The maximum atomic E-state index is 12.8. The van der Waals surface area contributed by atoms with Crippen molar-refractivity contribution in [3.8, 4) is 0 Å². The van der Waals surface area contributed by atoms with Crippen LogP contribution in [0, 0.1) is 0 Å². The number of nitrogens with zero attached hydrogens (tertiary/aromatic N) is 3. The lowest BCUT2D eigenvalue weighted by Crippen LogP contribution is -2.41. The van der Waals surface area contributed by atoms with Gasteiger partial charge in [-0.2, -0.15) is 4.31 Å². The van der Waals surface area contributed by atoms with E-state index in [1.54, 1.807) is 13.2 Å². The number of pyridine rings is 1. The molecule has 10 heteroatoms. The molecular weight excluding hydrogens is 517 g/mol. The van der Waals surface area contributed by atoms with Crippen molar-refractivity contribution in [3.05, 3.63) is 65.5 Å². The predicted molar refractivity (Wildman–Crippen MR) is 128 cm³/mol. The van der Waals surface area contributed by atoms with Crippen LogP contribution in [0.2, 0.25) is 0 Å². The van der Waals surface area contributed by atoms with E-state index in [1.165, 1.54) is 4.31 Å². The van der Waals surface area contributed by atoms with Crippen LogP contribution in [0.5, 0.6) is 0 Å². The molecule has 8 nitrogen and oxygen atoms in total. The molecule has 0 spiro atoms. The molecule has 0 unspecified atom stereocenters. The van der Waals surface area contributed by atoms with Gasteiger partial charge in [0.25, 0.3) is 0 Å². The van der Waals surface area contributed by atoms with Gasteiger partial charge in [0.1, 0.15) is 0 Å². The van der Waals surface area contributed by atoms with Crippen molar-refractivity contribution in [2.45, 2.75) is 18.8 Å². The molecule has 2 N–H and O–H groups in total. The summed E-state index contributed by atoms with van der Waals surface area (Å²) in [5, 5.41) is 6.46. The highest BCUT2D eigenvalue weighted by atomic mass is 127. The van der Waals surface area contributed by atoms with Crippen molar-refractivity contribution >= 4 is 40.0 Å². The fraction of sp³-hybridized carbons (Fsp3) is 0.400. The number of hydrogen-bond donors (Lipinski definition) is 2. The minimum Gasteiger partial charge on any atom is -0.379 e. The van der Waals surface area contributed by atoms with Crippen LogP contribution in [0.3, 0.4) is 0 Å². The molecule has 1 saturated heterocycles. The first-order valence-electron chi connectivity index (χ1n) is 9.55. The highest BCUT2D eigenvalue weighted by Gasteiger charge is 2.25. The van der Waals surface area contributed by atoms with Gasteiger partial charge >= 0.3 is 0 Å². The zero-order valence-corrected chi connectivity index (χ0v) is 20.1. The highest BCUT2D eigenvalue weighted by molar-refractivity contribution is 14.0. The number of guanidine groups is 1. The predicted octanol–water partition coefficient (Wildman–Crippen LogP) is 1.73. The Labute approximate surface area is 195 Å². The summed E-state index contributed by atoms with van der Waals surface area (Å²) in [5.41, 5.74) is 2.62. The molecule has 0 saturated carbocycles. The normalized spacial score (nSPS) is 15.3. The maximum absolute atomic E-state index is 12.8. The van der Waals surface area contributed by atoms with E-state index in [0.717, 1.165) is 16.8 Å². The van der Waals surface area contributed by atoms with E-state index in [-0.39, 0.29) is 29.7 Å². The van der Waals surface area contributed by atoms with Gasteiger partial charge in [0.2, 0.25) is 10.0 Å². The minimum absolute atomic E-state index is 0. The fourth-order valence-electron chi connectivity index (χ4n) is 3.06. The zero-order valence-electron chi connectivity index (χ0n) is 17.0. The van der Waals surface area contributed by atoms with Crippen LogP contribution in [-0.4, -0.2) is 57.0 Å². The van der Waals surface area contributed by atoms with E-state index in [2.05, 4.69) is 20.6 Å². The molecule has 1 aromatic carbocycles. The SMILES string of the molecule is CN=C(NCc1ccccn1)NCc1ccccc1CS(=O)(=O)N1CCOCC1.I. The number of aromatic nitrogens is 1. The third kappa shape index (κ3) is 7.18. The van der Waals surface area contributed by atoms with Crippen molar-refractivity contribution in [1.82, 2.24) is 19.9 Å².